The number of amides is 1. The van der Waals surface area contributed by atoms with Crippen LogP contribution in [0.5, 0.6) is 11.5 Å². The molecule has 0 aliphatic rings. The van der Waals surface area contributed by atoms with E-state index in [-0.39, 0.29) is 22.3 Å². The SMILES string of the molecule is COc1cc(C(=O)OCC(=O)NCCc2ccc(F)cc2)cc(Cl)c1OCC(C)C. The molecule has 2 aromatic carbocycles. The van der Waals surface area contributed by atoms with Gasteiger partial charge in [-0.3, -0.25) is 4.79 Å². The quantitative estimate of drug-likeness (QED) is 0.568. The first-order chi connectivity index (χ1) is 14.3. The molecule has 162 valence electrons. The van der Waals surface area contributed by atoms with Crippen molar-refractivity contribution >= 4 is 23.5 Å². The normalized spacial score (nSPS) is 10.6. The minimum Gasteiger partial charge on any atom is -0.493 e. The van der Waals surface area contributed by atoms with Crippen LogP contribution < -0.4 is 14.8 Å². The van der Waals surface area contributed by atoms with Gasteiger partial charge in [0, 0.05) is 6.54 Å². The molecule has 0 aliphatic carbocycles. The third kappa shape index (κ3) is 7.22. The van der Waals surface area contributed by atoms with E-state index < -0.39 is 18.5 Å². The molecule has 0 unspecified atom stereocenters. The molecule has 6 nitrogen and oxygen atoms in total. The molecule has 0 aromatic heterocycles. The van der Waals surface area contributed by atoms with E-state index in [1.165, 1.54) is 31.4 Å². The van der Waals surface area contributed by atoms with Crippen molar-refractivity contribution in [2.45, 2.75) is 20.3 Å². The summed E-state index contributed by atoms with van der Waals surface area (Å²) in [5.41, 5.74) is 1.03. The van der Waals surface area contributed by atoms with Gasteiger partial charge in [0.25, 0.3) is 5.91 Å². The van der Waals surface area contributed by atoms with Gasteiger partial charge < -0.3 is 19.5 Å². The van der Waals surface area contributed by atoms with Crippen LogP contribution in [0.1, 0.15) is 29.8 Å². The molecule has 0 spiro atoms. The number of rotatable bonds is 10. The fourth-order valence-electron chi connectivity index (χ4n) is 2.49. The van der Waals surface area contributed by atoms with E-state index in [9.17, 15) is 14.0 Å². The van der Waals surface area contributed by atoms with E-state index in [0.717, 1.165) is 5.56 Å². The highest BCUT2D eigenvalue weighted by Crippen LogP contribution is 2.36. The van der Waals surface area contributed by atoms with E-state index in [2.05, 4.69) is 5.32 Å². The Bertz CT molecular complexity index is 871. The number of esters is 1. The highest BCUT2D eigenvalue weighted by atomic mass is 35.5. The summed E-state index contributed by atoms with van der Waals surface area (Å²) in [6.45, 7) is 4.34. The molecule has 2 rings (SSSR count). The lowest BCUT2D eigenvalue weighted by Gasteiger charge is -2.15. The Morgan fingerprint density at radius 1 is 1.17 bits per heavy atom. The van der Waals surface area contributed by atoms with Crippen molar-refractivity contribution in [1.82, 2.24) is 5.32 Å². The predicted molar refractivity (Wildman–Crippen MR) is 112 cm³/mol. The smallest absolute Gasteiger partial charge is 0.338 e. The Balaban J connectivity index is 1.86. The Labute approximate surface area is 180 Å². The molecule has 0 aliphatic heterocycles. The summed E-state index contributed by atoms with van der Waals surface area (Å²) in [5, 5.41) is 2.86. The van der Waals surface area contributed by atoms with Crippen LogP contribution >= 0.6 is 11.6 Å². The summed E-state index contributed by atoms with van der Waals surface area (Å²) in [6, 6.07) is 8.88. The van der Waals surface area contributed by atoms with E-state index in [0.29, 0.717) is 31.1 Å². The van der Waals surface area contributed by atoms with Gasteiger partial charge in [0.15, 0.2) is 18.1 Å². The van der Waals surface area contributed by atoms with Crippen LogP contribution in [0.4, 0.5) is 4.39 Å². The maximum atomic E-state index is 12.9. The molecule has 0 fully saturated rings. The second-order valence-electron chi connectivity index (χ2n) is 7.00. The second-order valence-corrected chi connectivity index (χ2v) is 7.40. The molecule has 8 heteroatoms. The number of hydrogen-bond donors (Lipinski definition) is 1. The third-order valence-corrected chi connectivity index (χ3v) is 4.29. The predicted octanol–water partition coefficient (Wildman–Crippen LogP) is 4.04. The summed E-state index contributed by atoms with van der Waals surface area (Å²) in [5.74, 6) is -0.524. The molecule has 0 radical (unpaired) electrons. The largest absolute Gasteiger partial charge is 0.493 e. The van der Waals surface area contributed by atoms with Crippen molar-refractivity contribution in [3.8, 4) is 11.5 Å². The van der Waals surface area contributed by atoms with Crippen LogP contribution in [-0.4, -0.2) is 38.7 Å². The monoisotopic (exact) mass is 437 g/mol. The molecule has 0 saturated heterocycles. The first-order valence-electron chi connectivity index (χ1n) is 9.48. The average molecular weight is 438 g/mol. The van der Waals surface area contributed by atoms with Crippen molar-refractivity contribution in [3.05, 3.63) is 58.4 Å². The number of carbonyl (C=O) groups excluding carboxylic acids is 2. The van der Waals surface area contributed by atoms with Gasteiger partial charge >= 0.3 is 5.97 Å². The fraction of sp³-hybridized carbons (Fsp3) is 0.364. The molecule has 0 heterocycles. The second kappa shape index (κ2) is 11.4. The molecule has 0 bridgehead atoms. The Kier molecular flexibility index (Phi) is 8.92. The molecular weight excluding hydrogens is 413 g/mol. The standard InChI is InChI=1S/C22H25ClFNO5/c1-14(2)12-29-21-18(23)10-16(11-19(21)28-3)22(27)30-13-20(26)25-9-8-15-4-6-17(24)7-5-15/h4-7,10-11,14H,8-9,12-13H2,1-3H3,(H,25,26). The van der Waals surface area contributed by atoms with Crippen LogP contribution in [0.15, 0.2) is 36.4 Å². The van der Waals surface area contributed by atoms with Gasteiger partial charge in [0.1, 0.15) is 5.82 Å². The van der Waals surface area contributed by atoms with Gasteiger partial charge in [0.2, 0.25) is 0 Å². The van der Waals surface area contributed by atoms with Gasteiger partial charge in [-0.15, -0.1) is 0 Å². The van der Waals surface area contributed by atoms with Crippen molar-refractivity contribution in [1.29, 1.82) is 0 Å². The third-order valence-electron chi connectivity index (χ3n) is 4.01. The summed E-state index contributed by atoms with van der Waals surface area (Å²) in [7, 11) is 1.44. The van der Waals surface area contributed by atoms with Gasteiger partial charge in [-0.1, -0.05) is 37.6 Å². The number of benzene rings is 2. The lowest BCUT2D eigenvalue weighted by Crippen LogP contribution is -2.30. The van der Waals surface area contributed by atoms with Crippen LogP contribution in [0.2, 0.25) is 5.02 Å². The Hall–Kier alpha value is -2.80. The number of hydrogen-bond acceptors (Lipinski definition) is 5. The Morgan fingerprint density at radius 2 is 1.87 bits per heavy atom. The van der Waals surface area contributed by atoms with E-state index in [4.69, 9.17) is 25.8 Å². The molecule has 1 amide bonds. The fourth-order valence-corrected chi connectivity index (χ4v) is 2.76. The van der Waals surface area contributed by atoms with Gasteiger partial charge in [-0.2, -0.15) is 0 Å². The summed E-state index contributed by atoms with van der Waals surface area (Å²) in [4.78, 5) is 24.2. The minimum atomic E-state index is -0.709. The van der Waals surface area contributed by atoms with Gasteiger partial charge in [-0.05, 0) is 42.2 Å². The van der Waals surface area contributed by atoms with Gasteiger partial charge in [0.05, 0.1) is 24.3 Å². The van der Waals surface area contributed by atoms with Crippen molar-refractivity contribution in [2.75, 3.05) is 26.9 Å². The molecule has 2 aromatic rings. The van der Waals surface area contributed by atoms with E-state index in [1.807, 2.05) is 13.8 Å². The van der Waals surface area contributed by atoms with Crippen LogP contribution in [0, 0.1) is 11.7 Å². The van der Waals surface area contributed by atoms with Crippen molar-refractivity contribution in [3.63, 3.8) is 0 Å². The van der Waals surface area contributed by atoms with E-state index >= 15 is 0 Å². The van der Waals surface area contributed by atoms with Crippen LogP contribution in [0.25, 0.3) is 0 Å². The highest BCUT2D eigenvalue weighted by molar-refractivity contribution is 6.32. The van der Waals surface area contributed by atoms with Crippen LogP contribution in [0.3, 0.4) is 0 Å². The zero-order valence-corrected chi connectivity index (χ0v) is 17.9. The lowest BCUT2D eigenvalue weighted by molar-refractivity contribution is -0.124. The number of halogens is 2. The molecular formula is C22H25ClFNO5. The number of ether oxygens (including phenoxy) is 3. The maximum absolute atomic E-state index is 12.9. The first kappa shape index (κ1) is 23.5. The zero-order chi connectivity index (χ0) is 22.1. The van der Waals surface area contributed by atoms with Crippen molar-refractivity contribution in [2.24, 2.45) is 5.92 Å². The number of carbonyl (C=O) groups is 2. The minimum absolute atomic E-state index is 0.146. The summed E-state index contributed by atoms with van der Waals surface area (Å²) >= 11 is 6.22. The zero-order valence-electron chi connectivity index (χ0n) is 17.2. The molecule has 30 heavy (non-hydrogen) atoms. The van der Waals surface area contributed by atoms with Crippen LogP contribution in [-0.2, 0) is 16.0 Å². The maximum Gasteiger partial charge on any atom is 0.338 e. The van der Waals surface area contributed by atoms with E-state index in [1.54, 1.807) is 12.1 Å². The topological polar surface area (TPSA) is 73.9 Å². The average Bonchev–Trinajstić information content (AvgIpc) is 2.71. The number of nitrogens with one attached hydrogen (secondary N) is 1. The lowest BCUT2D eigenvalue weighted by atomic mass is 10.1. The first-order valence-corrected chi connectivity index (χ1v) is 9.86. The number of methoxy groups -OCH3 is 1. The van der Waals surface area contributed by atoms with Crippen molar-refractivity contribution < 1.29 is 28.2 Å². The Morgan fingerprint density at radius 3 is 2.50 bits per heavy atom. The highest BCUT2D eigenvalue weighted by Gasteiger charge is 2.18. The molecule has 0 saturated carbocycles. The summed E-state index contributed by atoms with van der Waals surface area (Å²) in [6.07, 6.45) is 0.532. The molecule has 0 atom stereocenters. The molecule has 1 N–H and O–H groups in total. The summed E-state index contributed by atoms with van der Waals surface area (Å²) < 4.78 is 28.8. The van der Waals surface area contributed by atoms with Gasteiger partial charge in [-0.25, -0.2) is 9.18 Å².